The van der Waals surface area contributed by atoms with Crippen LogP contribution in [0.2, 0.25) is 0 Å². The molecule has 3 saturated carbocycles. The van der Waals surface area contributed by atoms with E-state index in [1.165, 1.54) is 125 Å². The number of ether oxygens (including phenoxy) is 2. The van der Waals surface area contributed by atoms with E-state index < -0.39 is 11.2 Å². The van der Waals surface area contributed by atoms with Crippen molar-refractivity contribution in [1.29, 1.82) is 0 Å². The normalized spacial score (nSPS) is 20.8. The van der Waals surface area contributed by atoms with Crippen molar-refractivity contribution >= 4 is 99.9 Å². The van der Waals surface area contributed by atoms with Gasteiger partial charge in [-0.15, -0.1) is 6.20 Å². The monoisotopic (exact) mass is 1620 g/mol. The van der Waals surface area contributed by atoms with Crippen LogP contribution in [-0.2, 0) is 61.5 Å². The zero-order chi connectivity index (χ0) is 73.9. The summed E-state index contributed by atoms with van der Waals surface area (Å²) < 4.78 is 18.6. The largest absolute Gasteiger partial charge is 1.00 e. The standard InChI is InChI=1S/C29H38N6O2S.C24H30N6S.C20H28N5O2.C9H10BrN.CH4.Na.H2S/c1-28(2,3)37-27(36)33-24-9-6-11-29(24)12-16-34(17-13-29)26-32-19-23(25-31-15-18-35(25)26)38-22-10-14-30-21-8-5-4-7-20(21)22;25-21-6-3-8-24(21)9-13-29(14-10-24)23-28-16-20(22-27-12-15-30(22)23)31-19-7-11-26-18-5-2-1-4-17(18)19;1-19(2,3)27-18(26)23-15-5-4-7-20(15)8-12-24(13-9-20)17-22-10-6-16-21-11-14-25(16)17;10-8-5-6-11-9-4-2-1-3-7(8)9;;;/h10,14-15,18-19,24H,4-9,11-13,16-17H2,1-3H3,(H,33,36);7,11-12,15-16,21H,1-6,8-10,13-14,25H2;10-11,14-15H,4-5,7-9,12-13H2,1-3H3,(H,23,26);5-6H,1-4H2;1H4;;1H2/q;;-1;;;+1;/p-1/t24-;21-;15-;;;;/m111..../s1. The maximum Gasteiger partial charge on any atom is 1.00 e. The molecule has 6 aliphatic carbocycles. The van der Waals surface area contributed by atoms with Crippen LogP contribution in [0.1, 0.15) is 218 Å². The minimum absolute atomic E-state index is 0. The molecular formula is C83H111BrN18NaO4S3-. The minimum Gasteiger partial charge on any atom is -0.813 e. The number of pyridine rings is 3. The van der Waals surface area contributed by atoms with Crippen molar-refractivity contribution in [2.75, 3.05) is 54.0 Å². The van der Waals surface area contributed by atoms with E-state index in [9.17, 15) is 9.59 Å². The Kier molecular flexibility index (Phi) is 27.3. The maximum atomic E-state index is 12.5. The predicted molar refractivity (Wildman–Crippen MR) is 439 cm³/mol. The molecule has 12 heterocycles. The molecule has 110 heavy (non-hydrogen) atoms. The predicted octanol–water partition coefficient (Wildman–Crippen LogP) is 13.4. The van der Waals surface area contributed by atoms with Gasteiger partial charge in [0.2, 0.25) is 17.8 Å². The third-order valence-electron chi connectivity index (χ3n) is 24.3. The molecule has 0 radical (unpaired) electrons. The molecule has 27 heteroatoms. The molecule has 0 bridgehead atoms. The van der Waals surface area contributed by atoms with Gasteiger partial charge in [-0.05, 0) is 252 Å². The number of halogens is 1. The van der Waals surface area contributed by atoms with Gasteiger partial charge in [-0.2, -0.15) is 0 Å². The number of nitrogens with zero attached hydrogens (tertiary/aromatic N) is 15. The first-order chi connectivity index (χ1) is 51.8. The Morgan fingerprint density at radius 3 is 1.32 bits per heavy atom. The Balaban J connectivity index is 0.000000143. The number of hydrogen-bond donors (Lipinski definition) is 3. The van der Waals surface area contributed by atoms with Gasteiger partial charge < -0.3 is 64.5 Å². The quantitative estimate of drug-likeness (QED) is 0.0526. The number of aryl methyl sites for hydroxylation is 3. The number of carbonyl (C=O) groups excluding carboxylic acids is 2. The summed E-state index contributed by atoms with van der Waals surface area (Å²) in [4.78, 5) is 78.4. The summed E-state index contributed by atoms with van der Waals surface area (Å²) in [5.74, 6) is 2.88. The molecule has 584 valence electrons. The summed E-state index contributed by atoms with van der Waals surface area (Å²) >= 11 is 7.09. The van der Waals surface area contributed by atoms with Gasteiger partial charge in [-0.25, -0.2) is 29.5 Å². The summed E-state index contributed by atoms with van der Waals surface area (Å²) in [5.41, 5.74) is 17.0. The zero-order valence-electron chi connectivity index (χ0n) is 64.8. The number of carbonyl (C=O) groups is 2. The molecule has 3 aliphatic heterocycles. The Hall–Kier alpha value is -6.26. The Labute approximate surface area is 695 Å². The van der Waals surface area contributed by atoms with E-state index in [-0.39, 0.29) is 85.6 Å². The second kappa shape index (κ2) is 36.1. The van der Waals surface area contributed by atoms with Crippen LogP contribution in [-0.4, -0.2) is 139 Å². The molecule has 9 aromatic rings. The molecule has 2 amide bonds. The number of aromatic nitrogens is 12. The molecule has 3 atom stereocenters. The Morgan fingerprint density at radius 2 is 0.873 bits per heavy atom. The fraction of sp³-hybridized carbons (Fsp3) is 0.578. The van der Waals surface area contributed by atoms with Crippen molar-refractivity contribution in [3.63, 3.8) is 0 Å². The van der Waals surface area contributed by atoms with Crippen LogP contribution >= 0.6 is 39.5 Å². The number of nitrogens with two attached hydrogens (primary N) is 1. The zero-order valence-corrected chi connectivity index (χ0v) is 70.9. The third kappa shape index (κ3) is 18.6. The summed E-state index contributed by atoms with van der Waals surface area (Å²) in [6.45, 7) is 17.2. The van der Waals surface area contributed by atoms with E-state index in [0.29, 0.717) is 11.5 Å². The number of piperidine rings is 3. The molecule has 6 fully saturated rings. The number of rotatable bonds is 9. The van der Waals surface area contributed by atoms with Gasteiger partial charge in [0, 0.05) is 157 Å². The maximum absolute atomic E-state index is 12.5. The summed E-state index contributed by atoms with van der Waals surface area (Å²) in [5, 5.41) is 6.37. The summed E-state index contributed by atoms with van der Waals surface area (Å²) in [6, 6.07) is 10.1. The van der Waals surface area contributed by atoms with Crippen molar-refractivity contribution < 1.29 is 48.6 Å². The van der Waals surface area contributed by atoms with Crippen LogP contribution in [0.3, 0.4) is 0 Å². The van der Waals surface area contributed by atoms with E-state index in [1.54, 1.807) is 35.9 Å². The number of amides is 2. The smallest absolute Gasteiger partial charge is 0.813 e. The van der Waals surface area contributed by atoms with Crippen LogP contribution in [0.25, 0.3) is 16.9 Å². The van der Waals surface area contributed by atoms with Crippen molar-refractivity contribution in [3.05, 3.63) is 137 Å². The van der Waals surface area contributed by atoms with E-state index in [1.807, 2.05) is 108 Å². The van der Waals surface area contributed by atoms with Gasteiger partial charge in [-0.3, -0.25) is 33.7 Å². The molecular weight excluding hydrogens is 1510 g/mol. The third-order valence-corrected chi connectivity index (χ3v) is 27.2. The van der Waals surface area contributed by atoms with Gasteiger partial charge in [0.25, 0.3) is 0 Å². The number of thiol groups is 1. The molecule has 18 rings (SSSR count). The van der Waals surface area contributed by atoms with Crippen LogP contribution in [0, 0.1) is 22.3 Å². The molecule has 3 saturated heterocycles. The second-order valence-electron chi connectivity index (χ2n) is 33.2. The van der Waals surface area contributed by atoms with Crippen molar-refractivity contribution in [2.45, 2.75) is 271 Å². The average molecular weight is 1620 g/mol. The van der Waals surface area contributed by atoms with Gasteiger partial charge in [0.1, 0.15) is 11.2 Å². The molecule has 0 unspecified atom stereocenters. The first kappa shape index (κ1) is 83.2. The van der Waals surface area contributed by atoms with E-state index in [2.05, 4.69) is 99.4 Å². The fourth-order valence-corrected chi connectivity index (χ4v) is 21.3. The number of imidazole rings is 3. The molecule has 9 aliphatic rings. The molecule has 22 nitrogen and oxygen atoms in total. The first-order valence-electron chi connectivity index (χ1n) is 39.5. The molecule has 4 N–H and O–H groups in total. The van der Waals surface area contributed by atoms with E-state index in [0.717, 1.165) is 180 Å². The number of alkyl carbamates (subject to hydrolysis) is 2. The van der Waals surface area contributed by atoms with Crippen LogP contribution in [0.4, 0.5) is 27.4 Å². The average Bonchev–Trinajstić information content (AvgIpc) is 1.55. The number of hydrogen-bond acceptors (Lipinski definition) is 20. The summed E-state index contributed by atoms with van der Waals surface area (Å²) in [7, 11) is 0. The number of nitrogens with one attached hydrogen (secondary N) is 2. The second-order valence-corrected chi connectivity index (χ2v) is 36.2. The van der Waals surface area contributed by atoms with Crippen LogP contribution in [0.15, 0.2) is 117 Å². The minimum atomic E-state index is -0.484. The van der Waals surface area contributed by atoms with Crippen LogP contribution in [0.5, 0.6) is 0 Å². The van der Waals surface area contributed by atoms with Gasteiger partial charge in [0.05, 0.1) is 9.79 Å². The van der Waals surface area contributed by atoms with Gasteiger partial charge >= 0.3 is 41.7 Å². The topological polar surface area (TPSA) is 242 Å². The Bertz CT molecular complexity index is 4610. The SMILES string of the molecule is Brc1ccnc2c1CCCC2.C.CC(C)(C)OC(=O)N[C@@H]1CCCC12CCN(c1nc[c-]c3nccn13)CC2.CC(C)(C)OC(=O)N[C@@H]1CCCC12CCN(c1ncc(Sc3ccnc4c3CCCC4)c3nccn13)CC2.N[C@@H]1CCCC12CCN(c1ncc(Sc3ccnc4c3CCCC4)c3nccn13)CC2.[Na+].[SH-]. The Morgan fingerprint density at radius 1 is 0.482 bits per heavy atom. The molecule has 3 spiro atoms. The van der Waals surface area contributed by atoms with E-state index >= 15 is 0 Å². The van der Waals surface area contributed by atoms with Crippen LogP contribution < -0.4 is 60.6 Å². The van der Waals surface area contributed by atoms with Gasteiger partial charge in [0.15, 0.2) is 11.3 Å². The van der Waals surface area contributed by atoms with Crippen molar-refractivity contribution in [1.82, 2.24) is 68.7 Å². The van der Waals surface area contributed by atoms with Crippen molar-refractivity contribution in [3.8, 4) is 0 Å². The van der Waals surface area contributed by atoms with Gasteiger partial charge in [-0.1, -0.05) is 66.1 Å². The fourth-order valence-electron chi connectivity index (χ4n) is 18.7. The van der Waals surface area contributed by atoms with Crippen molar-refractivity contribution in [2.24, 2.45) is 22.0 Å². The first-order valence-corrected chi connectivity index (χ1v) is 42.0. The molecule has 9 aromatic heterocycles. The number of anilines is 3. The number of fused-ring (bicyclic) bond motifs is 6. The van der Waals surface area contributed by atoms with E-state index in [4.69, 9.17) is 35.1 Å². The molecule has 0 aromatic carbocycles. The summed E-state index contributed by atoms with van der Waals surface area (Å²) in [6.07, 6.45) is 53.7.